The SMILES string of the molecule is Cc1cccc(C(=O)NC(C(=O)N2CCOCC2)C2CCN(C(=O)c3ccccc3C)CC2)c1. The lowest BCUT2D eigenvalue weighted by molar-refractivity contribution is -0.139. The summed E-state index contributed by atoms with van der Waals surface area (Å²) in [6.07, 6.45) is 1.32. The first-order valence-corrected chi connectivity index (χ1v) is 12.0. The molecule has 2 fully saturated rings. The Morgan fingerprint density at radius 2 is 1.62 bits per heavy atom. The van der Waals surface area contributed by atoms with E-state index in [0.717, 1.165) is 16.7 Å². The van der Waals surface area contributed by atoms with E-state index in [-0.39, 0.29) is 23.6 Å². The average Bonchev–Trinajstić information content (AvgIpc) is 2.87. The summed E-state index contributed by atoms with van der Waals surface area (Å²) in [4.78, 5) is 43.2. The number of morpholine rings is 1. The van der Waals surface area contributed by atoms with E-state index in [2.05, 4.69) is 5.32 Å². The lowest BCUT2D eigenvalue weighted by Gasteiger charge is -2.38. The summed E-state index contributed by atoms with van der Waals surface area (Å²) < 4.78 is 5.41. The number of aryl methyl sites for hydroxylation is 2. The van der Waals surface area contributed by atoms with Crippen molar-refractivity contribution in [2.45, 2.75) is 32.7 Å². The van der Waals surface area contributed by atoms with Crippen molar-refractivity contribution in [3.8, 4) is 0 Å². The van der Waals surface area contributed by atoms with Crippen molar-refractivity contribution in [3.63, 3.8) is 0 Å². The summed E-state index contributed by atoms with van der Waals surface area (Å²) in [6.45, 7) is 7.07. The van der Waals surface area contributed by atoms with Gasteiger partial charge in [0.15, 0.2) is 0 Å². The third-order valence-electron chi connectivity index (χ3n) is 6.83. The summed E-state index contributed by atoms with van der Waals surface area (Å²) in [6, 6.07) is 14.4. The molecule has 0 bridgehead atoms. The van der Waals surface area contributed by atoms with E-state index in [1.165, 1.54) is 0 Å². The Morgan fingerprint density at radius 1 is 0.912 bits per heavy atom. The number of amides is 3. The maximum absolute atomic E-state index is 13.5. The van der Waals surface area contributed by atoms with Gasteiger partial charge < -0.3 is 19.9 Å². The van der Waals surface area contributed by atoms with Crippen molar-refractivity contribution >= 4 is 17.7 Å². The highest BCUT2D eigenvalue weighted by Crippen LogP contribution is 2.25. The molecule has 2 aromatic rings. The van der Waals surface area contributed by atoms with Gasteiger partial charge in [-0.2, -0.15) is 0 Å². The number of benzene rings is 2. The standard InChI is InChI=1S/C27H33N3O4/c1-19-6-5-8-22(18-19)25(31)28-24(27(33)30-14-16-34-17-15-30)21-10-12-29(13-11-21)26(32)23-9-4-3-7-20(23)2/h3-9,18,21,24H,10-17H2,1-2H3,(H,28,31). The van der Waals surface area contributed by atoms with E-state index in [4.69, 9.17) is 4.74 Å². The normalized spacial score (nSPS) is 17.8. The molecule has 1 N–H and O–H groups in total. The Kier molecular flexibility index (Phi) is 7.63. The Hall–Kier alpha value is -3.19. The van der Waals surface area contributed by atoms with Crippen LogP contribution >= 0.6 is 0 Å². The van der Waals surface area contributed by atoms with Gasteiger partial charge in [0.1, 0.15) is 6.04 Å². The van der Waals surface area contributed by atoms with E-state index in [1.54, 1.807) is 11.0 Å². The molecule has 2 aliphatic rings. The number of likely N-dealkylation sites (tertiary alicyclic amines) is 1. The van der Waals surface area contributed by atoms with Crippen molar-refractivity contribution in [1.29, 1.82) is 0 Å². The third kappa shape index (κ3) is 5.47. The molecule has 2 heterocycles. The number of piperidine rings is 1. The molecule has 1 unspecified atom stereocenters. The number of carbonyl (C=O) groups is 3. The number of nitrogens with zero attached hydrogens (tertiary/aromatic N) is 2. The number of hydrogen-bond acceptors (Lipinski definition) is 4. The van der Waals surface area contributed by atoms with Crippen LogP contribution in [0.15, 0.2) is 48.5 Å². The average molecular weight is 464 g/mol. The molecule has 0 aliphatic carbocycles. The van der Waals surface area contributed by atoms with Crippen LogP contribution in [-0.2, 0) is 9.53 Å². The lowest BCUT2D eigenvalue weighted by Crippen LogP contribution is -2.56. The molecule has 2 saturated heterocycles. The van der Waals surface area contributed by atoms with Crippen LogP contribution in [0.5, 0.6) is 0 Å². The Morgan fingerprint density at radius 3 is 2.29 bits per heavy atom. The molecule has 0 aromatic heterocycles. The zero-order chi connectivity index (χ0) is 24.1. The van der Waals surface area contributed by atoms with Crippen LogP contribution in [-0.4, -0.2) is 73.0 Å². The highest BCUT2D eigenvalue weighted by atomic mass is 16.5. The van der Waals surface area contributed by atoms with Crippen molar-refractivity contribution in [1.82, 2.24) is 15.1 Å². The first kappa shape index (κ1) is 24.0. The van der Waals surface area contributed by atoms with Crippen LogP contribution in [0.25, 0.3) is 0 Å². The Labute approximate surface area is 201 Å². The van der Waals surface area contributed by atoms with Crippen LogP contribution in [0.4, 0.5) is 0 Å². The number of carbonyl (C=O) groups excluding carboxylic acids is 3. The van der Waals surface area contributed by atoms with Gasteiger partial charge in [-0.25, -0.2) is 0 Å². The maximum atomic E-state index is 13.5. The quantitative estimate of drug-likeness (QED) is 0.740. The zero-order valence-corrected chi connectivity index (χ0v) is 20.0. The smallest absolute Gasteiger partial charge is 0.254 e. The van der Waals surface area contributed by atoms with E-state index in [9.17, 15) is 14.4 Å². The van der Waals surface area contributed by atoms with E-state index >= 15 is 0 Å². The van der Waals surface area contributed by atoms with E-state index < -0.39 is 6.04 Å². The van der Waals surface area contributed by atoms with Crippen LogP contribution in [0.2, 0.25) is 0 Å². The Balaban J connectivity index is 1.47. The predicted octanol–water partition coefficient (Wildman–Crippen LogP) is 2.81. The van der Waals surface area contributed by atoms with E-state index in [1.807, 2.05) is 61.2 Å². The van der Waals surface area contributed by atoms with Crippen LogP contribution in [0.1, 0.15) is 44.7 Å². The number of ether oxygens (including phenoxy) is 1. The van der Waals surface area contributed by atoms with Crippen LogP contribution < -0.4 is 5.32 Å². The zero-order valence-electron chi connectivity index (χ0n) is 20.0. The van der Waals surface area contributed by atoms with Gasteiger partial charge in [-0.3, -0.25) is 14.4 Å². The second kappa shape index (κ2) is 10.8. The highest BCUT2D eigenvalue weighted by molar-refractivity contribution is 5.98. The van der Waals surface area contributed by atoms with E-state index in [0.29, 0.717) is 57.8 Å². The Bertz CT molecular complexity index is 1040. The summed E-state index contributed by atoms with van der Waals surface area (Å²) in [7, 11) is 0. The minimum Gasteiger partial charge on any atom is -0.378 e. The van der Waals surface area contributed by atoms with Gasteiger partial charge in [-0.15, -0.1) is 0 Å². The van der Waals surface area contributed by atoms with Gasteiger partial charge in [-0.1, -0.05) is 35.9 Å². The monoisotopic (exact) mass is 463 g/mol. The fourth-order valence-corrected chi connectivity index (χ4v) is 4.79. The minimum absolute atomic E-state index is 0.0244. The molecule has 180 valence electrons. The lowest BCUT2D eigenvalue weighted by atomic mass is 9.87. The van der Waals surface area contributed by atoms with Crippen LogP contribution in [0.3, 0.4) is 0 Å². The van der Waals surface area contributed by atoms with Gasteiger partial charge in [-0.05, 0) is 56.4 Å². The third-order valence-corrected chi connectivity index (χ3v) is 6.83. The second-order valence-corrected chi connectivity index (χ2v) is 9.20. The molecule has 2 aromatic carbocycles. The number of nitrogens with one attached hydrogen (secondary N) is 1. The summed E-state index contributed by atoms with van der Waals surface area (Å²) in [5.74, 6) is -0.317. The highest BCUT2D eigenvalue weighted by Gasteiger charge is 2.36. The first-order chi connectivity index (χ1) is 16.4. The molecule has 0 saturated carbocycles. The van der Waals surface area contributed by atoms with Crippen molar-refractivity contribution < 1.29 is 19.1 Å². The fraction of sp³-hybridized carbons (Fsp3) is 0.444. The molecule has 0 radical (unpaired) electrons. The number of rotatable bonds is 5. The van der Waals surface area contributed by atoms with Gasteiger partial charge in [0.2, 0.25) is 5.91 Å². The molecule has 7 heteroatoms. The summed E-state index contributed by atoms with van der Waals surface area (Å²) in [5, 5.41) is 3.04. The van der Waals surface area contributed by atoms with Crippen molar-refractivity contribution in [2.24, 2.45) is 5.92 Å². The fourth-order valence-electron chi connectivity index (χ4n) is 4.79. The molecular weight excluding hydrogens is 430 g/mol. The molecule has 4 rings (SSSR count). The molecule has 2 aliphatic heterocycles. The van der Waals surface area contributed by atoms with Gasteiger partial charge in [0, 0.05) is 37.3 Å². The summed E-state index contributed by atoms with van der Waals surface area (Å²) in [5.41, 5.74) is 3.22. The predicted molar refractivity (Wildman–Crippen MR) is 130 cm³/mol. The molecule has 1 atom stereocenters. The largest absolute Gasteiger partial charge is 0.378 e. The topological polar surface area (TPSA) is 79.0 Å². The minimum atomic E-state index is -0.623. The van der Waals surface area contributed by atoms with Crippen molar-refractivity contribution in [2.75, 3.05) is 39.4 Å². The second-order valence-electron chi connectivity index (χ2n) is 9.20. The molecule has 0 spiro atoms. The van der Waals surface area contributed by atoms with Crippen LogP contribution in [0, 0.1) is 19.8 Å². The molecular formula is C27H33N3O4. The maximum Gasteiger partial charge on any atom is 0.254 e. The van der Waals surface area contributed by atoms with Gasteiger partial charge in [0.05, 0.1) is 13.2 Å². The first-order valence-electron chi connectivity index (χ1n) is 12.0. The van der Waals surface area contributed by atoms with Gasteiger partial charge >= 0.3 is 0 Å². The molecule has 3 amide bonds. The molecule has 7 nitrogen and oxygen atoms in total. The van der Waals surface area contributed by atoms with Crippen molar-refractivity contribution in [3.05, 3.63) is 70.8 Å². The number of hydrogen-bond donors (Lipinski definition) is 1. The summed E-state index contributed by atoms with van der Waals surface area (Å²) >= 11 is 0. The molecule has 34 heavy (non-hydrogen) atoms. The van der Waals surface area contributed by atoms with Gasteiger partial charge in [0.25, 0.3) is 11.8 Å².